The van der Waals surface area contributed by atoms with E-state index in [4.69, 9.17) is 9.47 Å². The summed E-state index contributed by atoms with van der Waals surface area (Å²) in [5.41, 5.74) is 0.804. The second-order valence-corrected chi connectivity index (χ2v) is 9.60. The number of esters is 1. The van der Waals surface area contributed by atoms with Crippen LogP contribution in [0, 0.1) is 23.2 Å². The molecule has 0 saturated heterocycles. The molecule has 0 heterocycles. The maximum absolute atomic E-state index is 12.4. The molecule has 0 spiro atoms. The van der Waals surface area contributed by atoms with E-state index < -0.39 is 5.97 Å². The lowest BCUT2D eigenvalue weighted by molar-refractivity contribution is -0.151. The Balaban J connectivity index is 1.20. The van der Waals surface area contributed by atoms with Crippen LogP contribution < -0.4 is 10.1 Å². The van der Waals surface area contributed by atoms with Crippen LogP contribution in [0.25, 0.3) is 0 Å². The molecule has 4 aliphatic carbocycles. The van der Waals surface area contributed by atoms with Crippen molar-refractivity contribution in [3.63, 3.8) is 0 Å². The summed E-state index contributed by atoms with van der Waals surface area (Å²) in [6, 6.07) is 6.64. The van der Waals surface area contributed by atoms with Crippen LogP contribution in [0.1, 0.15) is 62.7 Å². The molecule has 1 amide bonds. The van der Waals surface area contributed by atoms with Crippen molar-refractivity contribution in [2.24, 2.45) is 23.2 Å². The molecule has 1 N–H and O–H groups in total. The zero-order valence-corrected chi connectivity index (χ0v) is 17.8. The molecule has 0 aliphatic heterocycles. The molecule has 4 aliphatic rings. The van der Waals surface area contributed by atoms with E-state index in [-0.39, 0.29) is 36.4 Å². The van der Waals surface area contributed by atoms with Crippen molar-refractivity contribution in [2.45, 2.75) is 58.4 Å². The minimum absolute atomic E-state index is 0.0326. The number of Topliss-reactive ketones (excluding diaryl/α,β-unsaturated/α-hetero) is 1. The normalized spacial score (nSPS) is 29.9. The van der Waals surface area contributed by atoms with Gasteiger partial charge in [0.1, 0.15) is 5.75 Å². The number of benzene rings is 1. The van der Waals surface area contributed by atoms with Crippen molar-refractivity contribution < 1.29 is 23.9 Å². The second kappa shape index (κ2) is 8.40. The van der Waals surface area contributed by atoms with Crippen LogP contribution in [0.5, 0.6) is 5.75 Å². The molecule has 0 radical (unpaired) electrons. The third-order valence-electron chi connectivity index (χ3n) is 7.36. The molecular formula is C24H31NO5. The smallest absolute Gasteiger partial charge is 0.344 e. The predicted octanol–water partition coefficient (Wildman–Crippen LogP) is 3.53. The van der Waals surface area contributed by atoms with Gasteiger partial charge in [-0.15, -0.1) is 0 Å². The first-order valence-electron chi connectivity index (χ1n) is 11.0. The molecule has 0 aromatic heterocycles. The first-order valence-corrected chi connectivity index (χ1v) is 11.0. The van der Waals surface area contributed by atoms with Crippen molar-refractivity contribution >= 4 is 17.7 Å². The largest absolute Gasteiger partial charge is 0.482 e. The van der Waals surface area contributed by atoms with Crippen molar-refractivity contribution in [3.05, 3.63) is 29.8 Å². The number of carbonyl (C=O) groups is 3. The highest BCUT2D eigenvalue weighted by atomic mass is 16.6. The van der Waals surface area contributed by atoms with E-state index in [1.165, 1.54) is 45.4 Å². The predicted molar refractivity (Wildman–Crippen MR) is 111 cm³/mol. The van der Waals surface area contributed by atoms with Gasteiger partial charge in [-0.05, 0) is 99.8 Å². The van der Waals surface area contributed by atoms with E-state index in [1.54, 1.807) is 24.3 Å². The average molecular weight is 414 g/mol. The van der Waals surface area contributed by atoms with Crippen LogP contribution >= 0.6 is 0 Å². The lowest BCUT2D eigenvalue weighted by atomic mass is 9.48. The molecule has 6 heteroatoms. The summed E-state index contributed by atoms with van der Waals surface area (Å²) in [5, 5.41) is 3.09. The van der Waals surface area contributed by atoms with E-state index in [0.29, 0.717) is 11.3 Å². The number of nitrogens with one attached hydrogen (secondary N) is 1. The molecule has 162 valence electrons. The summed E-state index contributed by atoms with van der Waals surface area (Å²) in [6.07, 6.45) is 7.77. The number of amides is 1. The first-order chi connectivity index (χ1) is 14.3. The molecule has 4 saturated carbocycles. The number of rotatable bonds is 8. The number of ether oxygens (including phenoxy) is 2. The number of hydrogen-bond donors (Lipinski definition) is 1. The van der Waals surface area contributed by atoms with Crippen LogP contribution in [0.4, 0.5) is 0 Å². The topological polar surface area (TPSA) is 81.7 Å². The highest BCUT2D eigenvalue weighted by Crippen LogP contribution is 2.61. The summed E-state index contributed by atoms with van der Waals surface area (Å²) in [6.45, 7) is 3.03. The van der Waals surface area contributed by atoms with Gasteiger partial charge in [-0.25, -0.2) is 4.79 Å². The minimum atomic E-state index is -0.594. The fourth-order valence-corrected chi connectivity index (χ4v) is 6.26. The van der Waals surface area contributed by atoms with Gasteiger partial charge in [-0.1, -0.05) is 0 Å². The van der Waals surface area contributed by atoms with Crippen molar-refractivity contribution in [2.75, 3.05) is 13.2 Å². The SMILES string of the molecule is CC(=O)c1ccc(OCC(=O)OCC(=O)NC(C)C23CC4CC(CC(C4)C2)C3)cc1. The first kappa shape index (κ1) is 20.9. The van der Waals surface area contributed by atoms with Gasteiger partial charge in [0.2, 0.25) is 0 Å². The molecule has 4 bridgehead atoms. The van der Waals surface area contributed by atoms with Gasteiger partial charge in [-0.3, -0.25) is 9.59 Å². The Labute approximate surface area is 177 Å². The Hall–Kier alpha value is -2.37. The maximum Gasteiger partial charge on any atom is 0.344 e. The molecule has 5 rings (SSSR count). The Morgan fingerprint density at radius 3 is 2.10 bits per heavy atom. The van der Waals surface area contributed by atoms with E-state index in [9.17, 15) is 14.4 Å². The lowest BCUT2D eigenvalue weighted by Crippen LogP contribution is -2.56. The Bertz CT molecular complexity index is 780. The van der Waals surface area contributed by atoms with Gasteiger partial charge in [0.05, 0.1) is 0 Å². The summed E-state index contributed by atoms with van der Waals surface area (Å²) >= 11 is 0. The molecule has 6 nitrogen and oxygen atoms in total. The lowest BCUT2D eigenvalue weighted by Gasteiger charge is -2.59. The van der Waals surface area contributed by atoms with Gasteiger partial charge in [-0.2, -0.15) is 0 Å². The van der Waals surface area contributed by atoms with Crippen LogP contribution in [0.15, 0.2) is 24.3 Å². The third kappa shape index (κ3) is 4.52. The Morgan fingerprint density at radius 2 is 1.57 bits per heavy atom. The number of hydrogen-bond acceptors (Lipinski definition) is 5. The molecular weight excluding hydrogens is 382 g/mol. The van der Waals surface area contributed by atoms with Crippen molar-refractivity contribution in [1.82, 2.24) is 5.32 Å². The van der Waals surface area contributed by atoms with E-state index in [0.717, 1.165) is 17.8 Å². The minimum Gasteiger partial charge on any atom is -0.482 e. The van der Waals surface area contributed by atoms with Gasteiger partial charge < -0.3 is 14.8 Å². The standard InChI is InChI=1S/C24H31NO5/c1-15(26)20-3-5-21(6-4-20)29-14-23(28)30-13-22(27)25-16(2)24-10-17-7-18(11-24)9-19(8-17)12-24/h3-6,16-19H,7-14H2,1-2H3,(H,25,27). The Kier molecular flexibility index (Phi) is 5.85. The molecule has 30 heavy (non-hydrogen) atoms. The second-order valence-electron chi connectivity index (χ2n) is 9.60. The zero-order chi connectivity index (χ0) is 21.3. The summed E-state index contributed by atoms with van der Waals surface area (Å²) < 4.78 is 10.4. The van der Waals surface area contributed by atoms with Gasteiger partial charge in [0, 0.05) is 11.6 Å². The van der Waals surface area contributed by atoms with Gasteiger partial charge >= 0.3 is 5.97 Å². The van der Waals surface area contributed by atoms with Gasteiger partial charge in [0.25, 0.3) is 5.91 Å². The van der Waals surface area contributed by atoms with Crippen LogP contribution in [-0.2, 0) is 14.3 Å². The summed E-state index contributed by atoms with van der Waals surface area (Å²) in [7, 11) is 0. The average Bonchev–Trinajstić information content (AvgIpc) is 2.70. The van der Waals surface area contributed by atoms with Crippen LogP contribution in [0.3, 0.4) is 0 Å². The quantitative estimate of drug-likeness (QED) is 0.521. The fourth-order valence-electron chi connectivity index (χ4n) is 6.26. The summed E-state index contributed by atoms with van der Waals surface area (Å²) in [5.74, 6) is 2.08. The molecule has 1 unspecified atom stereocenters. The van der Waals surface area contributed by atoms with E-state index in [2.05, 4.69) is 12.2 Å². The Morgan fingerprint density at radius 1 is 1.00 bits per heavy atom. The molecule has 1 aromatic rings. The maximum atomic E-state index is 12.4. The number of carbonyl (C=O) groups excluding carboxylic acids is 3. The summed E-state index contributed by atoms with van der Waals surface area (Å²) in [4.78, 5) is 35.6. The monoisotopic (exact) mass is 413 g/mol. The molecule has 1 atom stereocenters. The van der Waals surface area contributed by atoms with Gasteiger partial charge in [0.15, 0.2) is 19.0 Å². The highest BCUT2D eigenvalue weighted by molar-refractivity contribution is 5.94. The third-order valence-corrected chi connectivity index (χ3v) is 7.36. The van der Waals surface area contributed by atoms with E-state index >= 15 is 0 Å². The van der Waals surface area contributed by atoms with Crippen molar-refractivity contribution in [3.8, 4) is 5.75 Å². The number of ketones is 1. The van der Waals surface area contributed by atoms with E-state index in [1.807, 2.05) is 0 Å². The zero-order valence-electron chi connectivity index (χ0n) is 17.8. The van der Waals surface area contributed by atoms with Crippen molar-refractivity contribution in [1.29, 1.82) is 0 Å². The molecule has 1 aromatic carbocycles. The molecule has 4 fully saturated rings. The van der Waals surface area contributed by atoms with Crippen LogP contribution in [0.2, 0.25) is 0 Å². The fraction of sp³-hybridized carbons (Fsp3) is 0.625. The highest BCUT2D eigenvalue weighted by Gasteiger charge is 2.53. The van der Waals surface area contributed by atoms with Crippen LogP contribution in [-0.4, -0.2) is 36.9 Å².